The van der Waals surface area contributed by atoms with E-state index in [-0.39, 0.29) is 23.8 Å². The van der Waals surface area contributed by atoms with Crippen LogP contribution in [-0.2, 0) is 25.7 Å². The van der Waals surface area contributed by atoms with E-state index in [0.717, 1.165) is 5.56 Å². The van der Waals surface area contributed by atoms with E-state index in [1.165, 1.54) is 64.5 Å². The molecule has 194 valence electrons. The third kappa shape index (κ3) is 7.12. The molecular formula is C29H45NO4Sn. The Kier molecular flexibility index (Phi) is 11.2. The average molecular weight is 590 g/mol. The first kappa shape index (κ1) is 28.2. The summed E-state index contributed by atoms with van der Waals surface area (Å²) in [4.78, 5) is 27.4. The van der Waals surface area contributed by atoms with Crippen molar-refractivity contribution in [1.29, 1.82) is 0 Å². The Labute approximate surface area is 216 Å². The van der Waals surface area contributed by atoms with Crippen molar-refractivity contribution in [2.75, 3.05) is 13.7 Å². The van der Waals surface area contributed by atoms with E-state index in [1.54, 1.807) is 0 Å². The number of esters is 1. The molecule has 2 fully saturated rings. The Hall–Kier alpha value is -1.34. The Morgan fingerprint density at radius 1 is 1.03 bits per heavy atom. The van der Waals surface area contributed by atoms with Crippen LogP contribution in [0.15, 0.2) is 40.0 Å². The summed E-state index contributed by atoms with van der Waals surface area (Å²) in [5.74, 6) is -0.0579. The van der Waals surface area contributed by atoms with Crippen LogP contribution in [0.2, 0.25) is 13.3 Å². The van der Waals surface area contributed by atoms with E-state index in [1.807, 2.05) is 35.2 Å². The molecule has 0 saturated carbocycles. The Bertz CT molecular complexity index is 834. The summed E-state index contributed by atoms with van der Waals surface area (Å²) in [6.45, 7) is 7.93. The molecule has 2 aliphatic heterocycles. The van der Waals surface area contributed by atoms with Crippen molar-refractivity contribution in [3.8, 4) is 0 Å². The molecule has 0 aromatic heterocycles. The molecule has 3 atom stereocenters. The molecule has 3 rings (SSSR count). The van der Waals surface area contributed by atoms with Crippen LogP contribution < -0.4 is 0 Å². The number of methoxy groups -OCH3 is 1. The van der Waals surface area contributed by atoms with Crippen molar-refractivity contribution in [3.63, 3.8) is 0 Å². The maximum absolute atomic E-state index is 13.1. The summed E-state index contributed by atoms with van der Waals surface area (Å²) in [6.07, 6.45) is 7.46. The van der Waals surface area contributed by atoms with Crippen molar-refractivity contribution in [2.24, 2.45) is 5.92 Å². The molecule has 0 bridgehead atoms. The van der Waals surface area contributed by atoms with Crippen molar-refractivity contribution >= 4 is 30.3 Å². The minimum absolute atomic E-state index is 0.0122. The number of hydrogen-bond acceptors (Lipinski definition) is 4. The zero-order valence-electron chi connectivity index (χ0n) is 22.3. The van der Waals surface area contributed by atoms with Crippen molar-refractivity contribution in [2.45, 2.75) is 97.8 Å². The SMILES string of the molecule is CCC[CH2][Sn](/[CH]=C1/[C@H](CC(=O)OC)CN2C(=O)[C@@H](OCc3ccccc3)[C@@H]12)([CH2]CCC)[CH2]CCC. The van der Waals surface area contributed by atoms with Gasteiger partial charge in [0.2, 0.25) is 0 Å². The van der Waals surface area contributed by atoms with Gasteiger partial charge in [-0.15, -0.1) is 0 Å². The average Bonchev–Trinajstić information content (AvgIpc) is 3.18. The van der Waals surface area contributed by atoms with Gasteiger partial charge in [0.25, 0.3) is 0 Å². The number of fused-ring (bicyclic) bond motifs is 1. The van der Waals surface area contributed by atoms with Gasteiger partial charge in [-0.1, -0.05) is 0 Å². The molecular weight excluding hydrogens is 545 g/mol. The maximum atomic E-state index is 13.1. The van der Waals surface area contributed by atoms with Gasteiger partial charge in [-0.2, -0.15) is 0 Å². The topological polar surface area (TPSA) is 55.8 Å². The van der Waals surface area contributed by atoms with Gasteiger partial charge in [0.1, 0.15) is 0 Å². The van der Waals surface area contributed by atoms with Gasteiger partial charge in [-0.25, -0.2) is 0 Å². The zero-order chi connectivity index (χ0) is 25.3. The normalized spacial score (nSPS) is 22.9. The Morgan fingerprint density at radius 2 is 1.63 bits per heavy atom. The second kappa shape index (κ2) is 13.8. The molecule has 35 heavy (non-hydrogen) atoms. The third-order valence-electron chi connectivity index (χ3n) is 7.85. The number of unbranched alkanes of at least 4 members (excludes halogenated alkanes) is 3. The Morgan fingerprint density at radius 3 is 2.17 bits per heavy atom. The zero-order valence-corrected chi connectivity index (χ0v) is 25.1. The number of nitrogens with zero attached hydrogens (tertiary/aromatic N) is 1. The van der Waals surface area contributed by atoms with Crippen LogP contribution in [0.25, 0.3) is 0 Å². The number of ether oxygens (including phenoxy) is 2. The third-order valence-corrected chi connectivity index (χ3v) is 22.1. The van der Waals surface area contributed by atoms with Gasteiger partial charge in [0.15, 0.2) is 0 Å². The minimum atomic E-state index is -2.64. The van der Waals surface area contributed by atoms with Crippen LogP contribution in [0.5, 0.6) is 0 Å². The number of rotatable bonds is 15. The fourth-order valence-corrected chi connectivity index (χ4v) is 21.4. The second-order valence-corrected chi connectivity index (χ2v) is 23.3. The molecule has 2 saturated heterocycles. The Balaban J connectivity index is 1.93. The number of carbonyl (C=O) groups excluding carboxylic acids is 2. The molecule has 0 N–H and O–H groups in total. The van der Waals surface area contributed by atoms with Crippen LogP contribution in [0.4, 0.5) is 0 Å². The van der Waals surface area contributed by atoms with Crippen LogP contribution in [-0.4, -0.2) is 61.0 Å². The summed E-state index contributed by atoms with van der Waals surface area (Å²) < 4.78 is 18.1. The van der Waals surface area contributed by atoms with Crippen molar-refractivity contribution in [3.05, 3.63) is 45.6 Å². The summed E-state index contributed by atoms with van der Waals surface area (Å²) in [5, 5.41) is 0. The van der Waals surface area contributed by atoms with Crippen molar-refractivity contribution < 1.29 is 19.1 Å². The van der Waals surface area contributed by atoms with Gasteiger partial charge in [0.05, 0.1) is 0 Å². The van der Waals surface area contributed by atoms with Crippen LogP contribution in [0, 0.1) is 5.92 Å². The molecule has 1 aromatic rings. The molecule has 0 spiro atoms. The van der Waals surface area contributed by atoms with E-state index in [2.05, 4.69) is 24.9 Å². The van der Waals surface area contributed by atoms with E-state index in [9.17, 15) is 9.59 Å². The summed E-state index contributed by atoms with van der Waals surface area (Å²) >= 11 is -2.64. The number of carbonyl (C=O) groups is 2. The second-order valence-electron chi connectivity index (χ2n) is 10.4. The summed E-state index contributed by atoms with van der Waals surface area (Å²) in [6, 6.07) is 10.0. The molecule has 0 aliphatic carbocycles. The van der Waals surface area contributed by atoms with Crippen LogP contribution in [0.1, 0.15) is 71.3 Å². The number of β-lactam (4-membered cyclic amide) rings is 1. The van der Waals surface area contributed by atoms with Gasteiger partial charge in [0, 0.05) is 0 Å². The standard InChI is InChI=1S/C17H18NO4.3C4H9.Sn/c1-11-13(8-14(19)21-2)9-18-15(11)16(17(18)20)22-10-12-6-4-3-5-7-12;3*1-3-4-2;/h1,3-7,13,15-16H,8-10H2,2H3;3*1,3-4H2,2H3;/t13-,15-,16+;;;;/m1..../s1. The quantitative estimate of drug-likeness (QED) is 0.137. The first-order valence-corrected chi connectivity index (χ1v) is 21.4. The monoisotopic (exact) mass is 591 g/mol. The number of hydrogen-bond donors (Lipinski definition) is 0. The van der Waals surface area contributed by atoms with Gasteiger partial charge in [-0.05, 0) is 0 Å². The molecule has 0 radical (unpaired) electrons. The van der Waals surface area contributed by atoms with Crippen LogP contribution >= 0.6 is 0 Å². The molecule has 5 nitrogen and oxygen atoms in total. The molecule has 1 aromatic carbocycles. The fraction of sp³-hybridized carbons (Fsp3) is 0.655. The summed E-state index contributed by atoms with van der Waals surface area (Å²) in [5.41, 5.74) is 2.41. The predicted molar refractivity (Wildman–Crippen MR) is 144 cm³/mol. The van der Waals surface area contributed by atoms with Gasteiger partial charge in [-0.3, -0.25) is 0 Å². The molecule has 0 unspecified atom stereocenters. The first-order chi connectivity index (χ1) is 17.0. The number of benzene rings is 1. The molecule has 2 aliphatic rings. The first-order valence-electron chi connectivity index (χ1n) is 13.7. The molecule has 6 heteroatoms. The van der Waals surface area contributed by atoms with E-state index in [0.29, 0.717) is 19.6 Å². The van der Waals surface area contributed by atoms with Crippen LogP contribution in [0.3, 0.4) is 0 Å². The number of amides is 1. The van der Waals surface area contributed by atoms with E-state index in [4.69, 9.17) is 9.47 Å². The van der Waals surface area contributed by atoms with Gasteiger partial charge >= 0.3 is 217 Å². The van der Waals surface area contributed by atoms with E-state index >= 15 is 0 Å². The molecule has 2 heterocycles. The van der Waals surface area contributed by atoms with Crippen molar-refractivity contribution in [1.82, 2.24) is 4.90 Å². The summed E-state index contributed by atoms with van der Waals surface area (Å²) in [7, 11) is 1.46. The predicted octanol–water partition coefficient (Wildman–Crippen LogP) is 6.29. The van der Waals surface area contributed by atoms with E-state index < -0.39 is 24.5 Å². The fourth-order valence-electron chi connectivity index (χ4n) is 5.78. The molecule has 1 amide bonds. The van der Waals surface area contributed by atoms with Gasteiger partial charge < -0.3 is 0 Å².